The first-order valence-electron chi connectivity index (χ1n) is 10.3. The third kappa shape index (κ3) is 4.91. The average Bonchev–Trinajstić information content (AvgIpc) is 2.80. The van der Waals surface area contributed by atoms with E-state index in [0.29, 0.717) is 23.1 Å². The van der Waals surface area contributed by atoms with Gasteiger partial charge >= 0.3 is 0 Å². The van der Waals surface area contributed by atoms with Crippen LogP contribution in [0.15, 0.2) is 41.3 Å². The second-order valence-electron chi connectivity index (χ2n) is 7.48. The molecule has 0 saturated heterocycles. The van der Waals surface area contributed by atoms with Gasteiger partial charge in [0, 0.05) is 39.2 Å². The molecular weight excluding hydrogens is 432 g/mol. The smallest absolute Gasteiger partial charge is 0.230 e. The van der Waals surface area contributed by atoms with E-state index >= 15 is 0 Å². The number of fused-ring (bicyclic) bond motifs is 2. The van der Waals surface area contributed by atoms with Gasteiger partial charge in [-0.15, -0.1) is 11.8 Å². The van der Waals surface area contributed by atoms with Crippen molar-refractivity contribution >= 4 is 40.2 Å². The van der Waals surface area contributed by atoms with Crippen LogP contribution in [-0.2, 0) is 24.2 Å². The SMILES string of the molecule is COc1ccc(CNC(=O)CSc2c3c(nc4ccc(Cl)cc24)CCCC3)c(OC)c1. The maximum Gasteiger partial charge on any atom is 0.230 e. The van der Waals surface area contributed by atoms with Gasteiger partial charge in [0.25, 0.3) is 0 Å². The van der Waals surface area contributed by atoms with Gasteiger partial charge in [-0.2, -0.15) is 0 Å². The van der Waals surface area contributed by atoms with Gasteiger partial charge in [0.1, 0.15) is 11.5 Å². The molecule has 1 N–H and O–H groups in total. The van der Waals surface area contributed by atoms with E-state index in [0.717, 1.165) is 58.5 Å². The summed E-state index contributed by atoms with van der Waals surface area (Å²) < 4.78 is 10.6. The molecule has 1 aliphatic rings. The van der Waals surface area contributed by atoms with Crippen LogP contribution in [0, 0.1) is 0 Å². The van der Waals surface area contributed by atoms with Crippen molar-refractivity contribution in [2.24, 2.45) is 0 Å². The minimum atomic E-state index is -0.0283. The van der Waals surface area contributed by atoms with Crippen molar-refractivity contribution in [1.29, 1.82) is 0 Å². The lowest BCUT2D eigenvalue weighted by atomic mass is 9.94. The Bertz CT molecular complexity index is 1120. The Labute approximate surface area is 191 Å². The first-order chi connectivity index (χ1) is 15.1. The van der Waals surface area contributed by atoms with E-state index in [9.17, 15) is 4.79 Å². The van der Waals surface area contributed by atoms with Crippen LogP contribution in [0.1, 0.15) is 29.7 Å². The van der Waals surface area contributed by atoms with Crippen LogP contribution in [-0.4, -0.2) is 30.9 Å². The first-order valence-corrected chi connectivity index (χ1v) is 11.7. The number of halogens is 1. The number of methoxy groups -OCH3 is 2. The van der Waals surface area contributed by atoms with Crippen LogP contribution < -0.4 is 14.8 Å². The molecule has 5 nitrogen and oxygen atoms in total. The summed E-state index contributed by atoms with van der Waals surface area (Å²) in [5, 5.41) is 4.71. The molecule has 4 rings (SSSR count). The van der Waals surface area contributed by atoms with Gasteiger partial charge in [-0.05, 0) is 61.6 Å². The molecule has 7 heteroatoms. The van der Waals surface area contributed by atoms with Crippen molar-refractivity contribution in [2.45, 2.75) is 37.1 Å². The second kappa shape index (κ2) is 9.79. The molecular formula is C24H25ClN2O3S. The van der Waals surface area contributed by atoms with Crippen molar-refractivity contribution in [3.8, 4) is 11.5 Å². The fourth-order valence-electron chi connectivity index (χ4n) is 3.90. The van der Waals surface area contributed by atoms with E-state index in [4.69, 9.17) is 26.1 Å². The Hall–Kier alpha value is -2.44. The van der Waals surface area contributed by atoms with Gasteiger partial charge in [0.15, 0.2) is 0 Å². The number of carbonyl (C=O) groups excluding carboxylic acids is 1. The predicted molar refractivity (Wildman–Crippen MR) is 126 cm³/mol. The number of thioether (sulfide) groups is 1. The predicted octanol–water partition coefficient (Wildman–Crippen LogP) is 5.19. The topological polar surface area (TPSA) is 60.5 Å². The van der Waals surface area contributed by atoms with E-state index in [1.54, 1.807) is 26.0 Å². The number of nitrogens with one attached hydrogen (secondary N) is 1. The molecule has 0 bridgehead atoms. The van der Waals surface area contributed by atoms with E-state index in [-0.39, 0.29) is 5.91 Å². The van der Waals surface area contributed by atoms with Crippen molar-refractivity contribution in [1.82, 2.24) is 10.3 Å². The molecule has 31 heavy (non-hydrogen) atoms. The fourth-order valence-corrected chi connectivity index (χ4v) is 5.16. The lowest BCUT2D eigenvalue weighted by Gasteiger charge is -2.20. The van der Waals surface area contributed by atoms with Crippen molar-refractivity contribution in [3.05, 3.63) is 58.2 Å². The van der Waals surface area contributed by atoms with Gasteiger partial charge in [0.05, 0.1) is 25.5 Å². The summed E-state index contributed by atoms with van der Waals surface area (Å²) in [6.07, 6.45) is 4.30. The maximum absolute atomic E-state index is 12.6. The first kappa shape index (κ1) is 21.8. The monoisotopic (exact) mass is 456 g/mol. The molecule has 1 aromatic heterocycles. The number of hydrogen-bond acceptors (Lipinski definition) is 5. The van der Waals surface area contributed by atoms with Crippen LogP contribution in [0.3, 0.4) is 0 Å². The highest BCUT2D eigenvalue weighted by atomic mass is 35.5. The van der Waals surface area contributed by atoms with Crippen LogP contribution in [0.5, 0.6) is 11.5 Å². The largest absolute Gasteiger partial charge is 0.497 e. The minimum Gasteiger partial charge on any atom is -0.497 e. The van der Waals surface area contributed by atoms with E-state index in [1.165, 1.54) is 5.56 Å². The summed E-state index contributed by atoms with van der Waals surface area (Å²) in [5.74, 6) is 1.71. The van der Waals surface area contributed by atoms with E-state index in [2.05, 4.69) is 5.32 Å². The number of nitrogens with zero attached hydrogens (tertiary/aromatic N) is 1. The number of hydrogen-bond donors (Lipinski definition) is 1. The van der Waals surface area contributed by atoms with E-state index < -0.39 is 0 Å². The van der Waals surface area contributed by atoms with Crippen molar-refractivity contribution in [2.75, 3.05) is 20.0 Å². The normalized spacial score (nSPS) is 13.0. The van der Waals surface area contributed by atoms with Gasteiger partial charge in [-0.1, -0.05) is 11.6 Å². The molecule has 1 heterocycles. The summed E-state index contributed by atoms with van der Waals surface area (Å²) in [5.41, 5.74) is 4.28. The molecule has 0 unspecified atom stereocenters. The summed E-state index contributed by atoms with van der Waals surface area (Å²) in [6, 6.07) is 11.4. The molecule has 3 aromatic rings. The van der Waals surface area contributed by atoms with E-state index in [1.807, 2.05) is 36.4 Å². The molecule has 0 saturated carbocycles. The van der Waals surface area contributed by atoms with Crippen molar-refractivity contribution in [3.63, 3.8) is 0 Å². The summed E-state index contributed by atoms with van der Waals surface area (Å²) in [4.78, 5) is 18.6. The highest BCUT2D eigenvalue weighted by Crippen LogP contribution is 2.37. The number of aromatic nitrogens is 1. The number of aryl methyl sites for hydroxylation is 1. The highest BCUT2D eigenvalue weighted by Gasteiger charge is 2.19. The second-order valence-corrected chi connectivity index (χ2v) is 8.90. The van der Waals surface area contributed by atoms with Gasteiger partial charge < -0.3 is 14.8 Å². The number of pyridine rings is 1. The zero-order valence-electron chi connectivity index (χ0n) is 17.7. The third-order valence-corrected chi connectivity index (χ3v) is 6.89. The highest BCUT2D eigenvalue weighted by molar-refractivity contribution is 8.00. The number of ether oxygens (including phenoxy) is 2. The Balaban J connectivity index is 1.49. The third-order valence-electron chi connectivity index (χ3n) is 5.49. The van der Waals surface area contributed by atoms with Crippen LogP contribution in [0.2, 0.25) is 5.02 Å². The van der Waals surface area contributed by atoms with Gasteiger partial charge in [0.2, 0.25) is 5.91 Å². The summed E-state index contributed by atoms with van der Waals surface area (Å²) >= 11 is 7.84. The molecule has 1 amide bonds. The molecule has 0 spiro atoms. The molecule has 2 aromatic carbocycles. The van der Waals surface area contributed by atoms with Gasteiger partial charge in [-0.3, -0.25) is 9.78 Å². The number of amides is 1. The summed E-state index contributed by atoms with van der Waals surface area (Å²) in [6.45, 7) is 0.396. The number of rotatable bonds is 7. The zero-order chi connectivity index (χ0) is 21.8. The molecule has 0 fully saturated rings. The zero-order valence-corrected chi connectivity index (χ0v) is 19.2. The maximum atomic E-state index is 12.6. The Morgan fingerprint density at radius 1 is 1.13 bits per heavy atom. The van der Waals surface area contributed by atoms with Crippen molar-refractivity contribution < 1.29 is 14.3 Å². The lowest BCUT2D eigenvalue weighted by Crippen LogP contribution is -2.25. The lowest BCUT2D eigenvalue weighted by molar-refractivity contribution is -0.118. The molecule has 0 radical (unpaired) electrons. The molecule has 1 aliphatic carbocycles. The number of benzene rings is 2. The standard InChI is InChI=1S/C24H25ClN2O3S/c1-29-17-9-7-15(22(12-17)30-2)13-26-23(28)14-31-24-18-5-3-4-6-20(18)27-21-10-8-16(25)11-19(21)24/h7-12H,3-6,13-14H2,1-2H3,(H,26,28). The molecule has 0 aliphatic heterocycles. The van der Waals surface area contributed by atoms with Gasteiger partial charge in [-0.25, -0.2) is 0 Å². The molecule has 0 atom stereocenters. The number of carbonyl (C=O) groups is 1. The van der Waals surface area contributed by atoms with Crippen LogP contribution in [0.4, 0.5) is 0 Å². The van der Waals surface area contributed by atoms with Crippen LogP contribution >= 0.6 is 23.4 Å². The Morgan fingerprint density at radius 2 is 1.97 bits per heavy atom. The minimum absolute atomic E-state index is 0.0283. The Morgan fingerprint density at radius 3 is 2.77 bits per heavy atom. The Kier molecular flexibility index (Phi) is 6.88. The summed E-state index contributed by atoms with van der Waals surface area (Å²) in [7, 11) is 3.22. The fraction of sp³-hybridized carbons (Fsp3) is 0.333. The average molecular weight is 457 g/mol. The van der Waals surface area contributed by atoms with Crippen LogP contribution in [0.25, 0.3) is 10.9 Å². The molecule has 162 valence electrons. The quantitative estimate of drug-likeness (QED) is 0.495.